The first-order valence-corrected chi connectivity index (χ1v) is 5.11. The molecule has 0 unspecified atom stereocenters. The van der Waals surface area contributed by atoms with Crippen LogP contribution in [0.15, 0.2) is 12.3 Å². The molecule has 2 aromatic heterocycles. The lowest BCUT2D eigenvalue weighted by Gasteiger charge is -2.04. The Morgan fingerprint density at radius 1 is 1.53 bits per heavy atom. The standard InChI is InChI=1S/C10H11N3OS/c1-3-14-9-4-7-8(5-11-9)12-6(2)13-10(7)15/h4-5H,3H2,1-2H3,(H,12,13,15). The van der Waals surface area contributed by atoms with E-state index in [2.05, 4.69) is 15.0 Å². The van der Waals surface area contributed by atoms with Gasteiger partial charge in [-0.05, 0) is 13.8 Å². The lowest BCUT2D eigenvalue weighted by Crippen LogP contribution is -1.96. The molecule has 2 heterocycles. The molecule has 0 aliphatic heterocycles. The van der Waals surface area contributed by atoms with E-state index < -0.39 is 0 Å². The second-order valence-corrected chi connectivity index (χ2v) is 3.52. The summed E-state index contributed by atoms with van der Waals surface area (Å²) in [4.78, 5) is 11.4. The van der Waals surface area contributed by atoms with E-state index in [-0.39, 0.29) is 0 Å². The molecule has 0 aromatic carbocycles. The number of aromatic amines is 1. The van der Waals surface area contributed by atoms with Gasteiger partial charge in [0, 0.05) is 11.5 Å². The molecule has 2 aromatic rings. The third-order valence-electron chi connectivity index (χ3n) is 1.99. The third-order valence-corrected chi connectivity index (χ3v) is 2.30. The van der Waals surface area contributed by atoms with Crippen molar-refractivity contribution in [1.82, 2.24) is 15.0 Å². The van der Waals surface area contributed by atoms with Crippen LogP contribution in [0.1, 0.15) is 12.7 Å². The molecule has 5 heteroatoms. The van der Waals surface area contributed by atoms with Gasteiger partial charge in [-0.25, -0.2) is 9.97 Å². The first-order chi connectivity index (χ1) is 7.20. The molecule has 0 bridgehead atoms. The van der Waals surface area contributed by atoms with Gasteiger partial charge in [-0.15, -0.1) is 0 Å². The predicted octanol–water partition coefficient (Wildman–Crippen LogP) is 2.39. The van der Waals surface area contributed by atoms with Crippen LogP contribution >= 0.6 is 12.2 Å². The highest BCUT2D eigenvalue weighted by atomic mass is 32.1. The molecule has 0 spiro atoms. The van der Waals surface area contributed by atoms with Crippen molar-refractivity contribution in [2.24, 2.45) is 0 Å². The zero-order chi connectivity index (χ0) is 10.8. The van der Waals surface area contributed by atoms with Gasteiger partial charge in [-0.2, -0.15) is 0 Å². The smallest absolute Gasteiger partial charge is 0.214 e. The van der Waals surface area contributed by atoms with E-state index >= 15 is 0 Å². The van der Waals surface area contributed by atoms with E-state index in [1.165, 1.54) is 0 Å². The third kappa shape index (κ3) is 1.97. The average molecular weight is 221 g/mol. The summed E-state index contributed by atoms with van der Waals surface area (Å²) in [6.45, 7) is 4.37. The Labute approximate surface area is 92.3 Å². The van der Waals surface area contributed by atoms with Crippen molar-refractivity contribution in [3.8, 4) is 5.88 Å². The van der Waals surface area contributed by atoms with Gasteiger partial charge < -0.3 is 9.72 Å². The largest absolute Gasteiger partial charge is 0.478 e. The van der Waals surface area contributed by atoms with Gasteiger partial charge in [0.05, 0.1) is 18.3 Å². The molecule has 15 heavy (non-hydrogen) atoms. The van der Waals surface area contributed by atoms with Crippen molar-refractivity contribution in [2.45, 2.75) is 13.8 Å². The lowest BCUT2D eigenvalue weighted by atomic mass is 10.3. The molecule has 0 saturated heterocycles. The van der Waals surface area contributed by atoms with Crippen molar-refractivity contribution in [3.05, 3.63) is 22.7 Å². The van der Waals surface area contributed by atoms with Crippen LogP contribution in [0.5, 0.6) is 5.88 Å². The fourth-order valence-corrected chi connectivity index (χ4v) is 1.68. The number of hydrogen-bond acceptors (Lipinski definition) is 4. The first-order valence-electron chi connectivity index (χ1n) is 4.70. The van der Waals surface area contributed by atoms with E-state index in [0.717, 1.165) is 16.7 Å². The van der Waals surface area contributed by atoms with Gasteiger partial charge in [0.15, 0.2) is 0 Å². The van der Waals surface area contributed by atoms with Crippen LogP contribution in [0.4, 0.5) is 0 Å². The summed E-state index contributed by atoms with van der Waals surface area (Å²) in [5.74, 6) is 1.37. The van der Waals surface area contributed by atoms with E-state index in [1.807, 2.05) is 19.9 Å². The SMILES string of the molecule is CCOc1cc2c(=S)nc(C)[nH]c2cn1. The van der Waals surface area contributed by atoms with Gasteiger partial charge in [0.25, 0.3) is 0 Å². The topological polar surface area (TPSA) is 50.8 Å². The van der Waals surface area contributed by atoms with Gasteiger partial charge >= 0.3 is 0 Å². The average Bonchev–Trinajstić information content (AvgIpc) is 2.19. The van der Waals surface area contributed by atoms with E-state index in [9.17, 15) is 0 Å². The van der Waals surface area contributed by atoms with E-state index in [0.29, 0.717) is 17.1 Å². The predicted molar refractivity (Wildman–Crippen MR) is 60.6 cm³/mol. The highest BCUT2D eigenvalue weighted by Crippen LogP contribution is 2.16. The minimum Gasteiger partial charge on any atom is -0.478 e. The summed E-state index contributed by atoms with van der Waals surface area (Å²) in [6.07, 6.45) is 1.71. The van der Waals surface area contributed by atoms with Crippen LogP contribution in [0.25, 0.3) is 10.9 Å². The minimum atomic E-state index is 0.574. The number of hydrogen-bond donors (Lipinski definition) is 1. The van der Waals surface area contributed by atoms with Gasteiger partial charge in [0.1, 0.15) is 10.5 Å². The highest BCUT2D eigenvalue weighted by Gasteiger charge is 2.01. The number of aromatic nitrogens is 3. The Balaban J connectivity index is 2.66. The Bertz CT molecular complexity index is 550. The molecular weight excluding hydrogens is 210 g/mol. The zero-order valence-electron chi connectivity index (χ0n) is 8.57. The first kappa shape index (κ1) is 10.0. The minimum absolute atomic E-state index is 0.574. The Kier molecular flexibility index (Phi) is 2.64. The number of ether oxygens (including phenoxy) is 1. The van der Waals surface area contributed by atoms with Crippen LogP contribution in [-0.4, -0.2) is 21.6 Å². The molecule has 0 aliphatic carbocycles. The summed E-state index contributed by atoms with van der Waals surface area (Å²) in [5, 5.41) is 0.869. The maximum atomic E-state index is 5.30. The van der Waals surface area contributed by atoms with E-state index in [4.69, 9.17) is 17.0 Å². The quantitative estimate of drug-likeness (QED) is 0.791. The van der Waals surface area contributed by atoms with E-state index in [1.54, 1.807) is 6.20 Å². The molecule has 0 radical (unpaired) electrons. The van der Waals surface area contributed by atoms with Crippen molar-refractivity contribution >= 4 is 23.1 Å². The lowest BCUT2D eigenvalue weighted by molar-refractivity contribution is 0.327. The highest BCUT2D eigenvalue weighted by molar-refractivity contribution is 7.71. The van der Waals surface area contributed by atoms with Crippen LogP contribution in [0.3, 0.4) is 0 Å². The molecular formula is C10H11N3OS. The number of aryl methyl sites for hydroxylation is 1. The monoisotopic (exact) mass is 221 g/mol. The fraction of sp³-hybridized carbons (Fsp3) is 0.300. The normalized spacial score (nSPS) is 10.5. The maximum Gasteiger partial charge on any atom is 0.214 e. The Hall–Kier alpha value is -1.49. The molecule has 2 rings (SSSR count). The van der Waals surface area contributed by atoms with Gasteiger partial charge in [0.2, 0.25) is 5.88 Å². The molecule has 0 fully saturated rings. The number of pyridine rings is 1. The molecule has 78 valence electrons. The van der Waals surface area contributed by atoms with Crippen molar-refractivity contribution in [1.29, 1.82) is 0 Å². The van der Waals surface area contributed by atoms with Gasteiger partial charge in [-0.1, -0.05) is 12.2 Å². The van der Waals surface area contributed by atoms with Crippen molar-refractivity contribution in [2.75, 3.05) is 6.61 Å². The molecule has 4 nitrogen and oxygen atoms in total. The summed E-state index contributed by atoms with van der Waals surface area (Å²) in [7, 11) is 0. The second-order valence-electron chi connectivity index (χ2n) is 3.13. The summed E-state index contributed by atoms with van der Waals surface area (Å²) in [5.41, 5.74) is 0.885. The molecule has 0 atom stereocenters. The number of rotatable bonds is 2. The van der Waals surface area contributed by atoms with Crippen molar-refractivity contribution in [3.63, 3.8) is 0 Å². The molecule has 0 saturated carbocycles. The van der Waals surface area contributed by atoms with Crippen LogP contribution in [0, 0.1) is 11.6 Å². The summed E-state index contributed by atoms with van der Waals surface area (Å²) in [6, 6.07) is 1.81. The number of H-pyrrole nitrogens is 1. The van der Waals surface area contributed by atoms with Gasteiger partial charge in [-0.3, -0.25) is 0 Å². The number of nitrogens with zero attached hydrogens (tertiary/aromatic N) is 2. The second kappa shape index (κ2) is 3.94. The maximum absolute atomic E-state index is 5.30. The number of nitrogens with one attached hydrogen (secondary N) is 1. The zero-order valence-corrected chi connectivity index (χ0v) is 9.39. The molecule has 1 N–H and O–H groups in total. The fourth-order valence-electron chi connectivity index (χ4n) is 1.37. The van der Waals surface area contributed by atoms with Crippen molar-refractivity contribution < 1.29 is 4.74 Å². The Morgan fingerprint density at radius 3 is 3.07 bits per heavy atom. The van der Waals surface area contributed by atoms with Crippen LogP contribution in [0.2, 0.25) is 0 Å². The van der Waals surface area contributed by atoms with Crippen LogP contribution < -0.4 is 4.74 Å². The molecule has 0 amide bonds. The number of fused-ring (bicyclic) bond motifs is 1. The summed E-state index contributed by atoms with van der Waals surface area (Å²) >= 11 is 5.17. The molecule has 0 aliphatic rings. The summed E-state index contributed by atoms with van der Waals surface area (Å²) < 4.78 is 5.87. The Morgan fingerprint density at radius 2 is 2.33 bits per heavy atom. The van der Waals surface area contributed by atoms with Crippen LogP contribution in [-0.2, 0) is 0 Å².